The zero-order chi connectivity index (χ0) is 17.9. The average molecular weight is 351 g/mol. The molecule has 1 aromatic carbocycles. The van der Waals surface area contributed by atoms with Crippen molar-refractivity contribution in [3.63, 3.8) is 0 Å². The number of aryl methyl sites for hydroxylation is 1. The van der Waals surface area contributed by atoms with Crippen molar-refractivity contribution in [3.05, 3.63) is 54.0 Å². The molecule has 2 aromatic heterocycles. The van der Waals surface area contributed by atoms with E-state index in [-0.39, 0.29) is 0 Å². The lowest BCUT2D eigenvalue weighted by molar-refractivity contribution is 0.285. The maximum Gasteiger partial charge on any atom is 0.154 e. The van der Waals surface area contributed by atoms with Crippen LogP contribution in [0.5, 0.6) is 5.75 Å². The molecule has 3 aromatic rings. The van der Waals surface area contributed by atoms with Crippen molar-refractivity contribution in [2.24, 2.45) is 0 Å². The van der Waals surface area contributed by atoms with E-state index in [2.05, 4.69) is 38.1 Å². The molecule has 0 unspecified atom stereocenters. The van der Waals surface area contributed by atoms with Gasteiger partial charge in [0.15, 0.2) is 5.82 Å². The van der Waals surface area contributed by atoms with Crippen molar-refractivity contribution in [1.29, 1.82) is 0 Å². The molecule has 0 bridgehead atoms. The minimum absolute atomic E-state index is 0.908. The summed E-state index contributed by atoms with van der Waals surface area (Å²) >= 11 is 0. The van der Waals surface area contributed by atoms with Crippen LogP contribution in [-0.2, 0) is 6.54 Å². The normalized spacial score (nSPS) is 16.0. The summed E-state index contributed by atoms with van der Waals surface area (Å²) in [6, 6.07) is 10.5. The lowest BCUT2D eigenvalue weighted by Gasteiger charge is -2.23. The van der Waals surface area contributed by atoms with Crippen molar-refractivity contribution >= 4 is 11.3 Å². The van der Waals surface area contributed by atoms with E-state index in [9.17, 15) is 0 Å². The first-order chi connectivity index (χ1) is 12.7. The van der Waals surface area contributed by atoms with Crippen molar-refractivity contribution in [2.45, 2.75) is 19.9 Å². The highest BCUT2D eigenvalue weighted by atomic mass is 16.5. The third kappa shape index (κ3) is 3.51. The molecule has 0 spiro atoms. The SMILES string of the molecule is COc1ccc(CN2CCCN(c3nccn4nc(C)cc34)CC2)cc1. The molecule has 6 heteroatoms. The van der Waals surface area contributed by atoms with Gasteiger partial charge in [0.25, 0.3) is 0 Å². The Bertz CT molecular complexity index is 874. The molecular formula is C20H25N5O. The van der Waals surface area contributed by atoms with Gasteiger partial charge in [0.1, 0.15) is 11.3 Å². The van der Waals surface area contributed by atoms with Crippen LogP contribution in [0.4, 0.5) is 5.82 Å². The van der Waals surface area contributed by atoms with E-state index in [0.717, 1.165) is 61.9 Å². The molecule has 0 aliphatic carbocycles. The molecule has 4 rings (SSSR count). The fraction of sp³-hybridized carbons (Fsp3) is 0.400. The van der Waals surface area contributed by atoms with Crippen LogP contribution >= 0.6 is 0 Å². The van der Waals surface area contributed by atoms with Gasteiger partial charge in [0.05, 0.1) is 12.8 Å². The second kappa shape index (κ2) is 7.33. The molecule has 0 atom stereocenters. The van der Waals surface area contributed by atoms with Gasteiger partial charge >= 0.3 is 0 Å². The Labute approximate surface area is 154 Å². The maximum atomic E-state index is 5.24. The van der Waals surface area contributed by atoms with Gasteiger partial charge in [-0.15, -0.1) is 0 Å². The third-order valence-electron chi connectivity index (χ3n) is 4.94. The first-order valence-electron chi connectivity index (χ1n) is 9.14. The van der Waals surface area contributed by atoms with Crippen LogP contribution in [0.15, 0.2) is 42.7 Å². The zero-order valence-electron chi connectivity index (χ0n) is 15.4. The van der Waals surface area contributed by atoms with Gasteiger partial charge in [-0.2, -0.15) is 5.10 Å². The smallest absolute Gasteiger partial charge is 0.154 e. The molecule has 1 aliphatic heterocycles. The number of fused-ring (bicyclic) bond motifs is 1. The molecule has 0 radical (unpaired) electrons. The van der Waals surface area contributed by atoms with Gasteiger partial charge in [-0.05, 0) is 37.1 Å². The Balaban J connectivity index is 1.45. The Morgan fingerprint density at radius 3 is 2.73 bits per heavy atom. The van der Waals surface area contributed by atoms with Crippen molar-refractivity contribution < 1.29 is 4.74 Å². The van der Waals surface area contributed by atoms with Gasteiger partial charge in [0.2, 0.25) is 0 Å². The molecule has 1 fully saturated rings. The molecular weight excluding hydrogens is 326 g/mol. The highest BCUT2D eigenvalue weighted by Crippen LogP contribution is 2.21. The second-order valence-electron chi connectivity index (χ2n) is 6.83. The van der Waals surface area contributed by atoms with Crippen LogP contribution in [-0.4, -0.2) is 52.8 Å². The number of rotatable bonds is 4. The van der Waals surface area contributed by atoms with Crippen LogP contribution < -0.4 is 9.64 Å². The van der Waals surface area contributed by atoms with E-state index in [1.165, 1.54) is 5.56 Å². The molecule has 136 valence electrons. The number of aromatic nitrogens is 3. The fourth-order valence-electron chi connectivity index (χ4n) is 3.60. The van der Waals surface area contributed by atoms with E-state index in [0.29, 0.717) is 0 Å². The summed E-state index contributed by atoms with van der Waals surface area (Å²) in [5, 5.41) is 4.51. The summed E-state index contributed by atoms with van der Waals surface area (Å²) < 4.78 is 7.17. The molecule has 6 nitrogen and oxygen atoms in total. The summed E-state index contributed by atoms with van der Waals surface area (Å²) in [6.45, 7) is 7.13. The summed E-state index contributed by atoms with van der Waals surface area (Å²) in [7, 11) is 1.70. The molecule has 0 saturated carbocycles. The third-order valence-corrected chi connectivity index (χ3v) is 4.94. The van der Waals surface area contributed by atoms with E-state index in [4.69, 9.17) is 4.74 Å². The molecule has 1 aliphatic rings. The standard InChI is InChI=1S/C20H25N5O/c1-16-14-19-20(21-8-11-25(19)22-16)24-10-3-9-23(12-13-24)15-17-4-6-18(26-2)7-5-17/h4-8,11,14H,3,9-10,12-13,15H2,1-2H3. The Hall–Kier alpha value is -2.60. The number of anilines is 1. The van der Waals surface area contributed by atoms with Crippen LogP contribution in [0.1, 0.15) is 17.7 Å². The number of hydrogen-bond acceptors (Lipinski definition) is 5. The minimum atomic E-state index is 0.908. The largest absolute Gasteiger partial charge is 0.497 e. The van der Waals surface area contributed by atoms with Crippen LogP contribution in [0.3, 0.4) is 0 Å². The van der Waals surface area contributed by atoms with E-state index in [1.807, 2.05) is 36.0 Å². The number of nitrogens with zero attached hydrogens (tertiary/aromatic N) is 5. The fourth-order valence-corrected chi connectivity index (χ4v) is 3.60. The zero-order valence-corrected chi connectivity index (χ0v) is 15.4. The van der Waals surface area contributed by atoms with Gasteiger partial charge in [-0.3, -0.25) is 4.90 Å². The van der Waals surface area contributed by atoms with E-state index in [1.54, 1.807) is 7.11 Å². The monoisotopic (exact) mass is 351 g/mol. The minimum Gasteiger partial charge on any atom is -0.497 e. The second-order valence-corrected chi connectivity index (χ2v) is 6.83. The Morgan fingerprint density at radius 2 is 1.92 bits per heavy atom. The lowest BCUT2D eigenvalue weighted by Crippen LogP contribution is -2.31. The van der Waals surface area contributed by atoms with Gasteiger partial charge in [-0.1, -0.05) is 12.1 Å². The maximum absolute atomic E-state index is 5.24. The van der Waals surface area contributed by atoms with Crippen LogP contribution in [0, 0.1) is 6.92 Å². The van der Waals surface area contributed by atoms with Gasteiger partial charge in [-0.25, -0.2) is 9.50 Å². The average Bonchev–Trinajstić information content (AvgIpc) is 2.89. The predicted octanol–water partition coefficient (Wildman–Crippen LogP) is 2.76. The van der Waals surface area contributed by atoms with E-state index < -0.39 is 0 Å². The number of hydrogen-bond donors (Lipinski definition) is 0. The van der Waals surface area contributed by atoms with Crippen LogP contribution in [0.25, 0.3) is 5.52 Å². The summed E-state index contributed by atoms with van der Waals surface area (Å²) in [5.74, 6) is 1.95. The van der Waals surface area contributed by atoms with Crippen molar-refractivity contribution in [1.82, 2.24) is 19.5 Å². The highest BCUT2D eigenvalue weighted by Gasteiger charge is 2.18. The van der Waals surface area contributed by atoms with Gasteiger partial charge < -0.3 is 9.64 Å². The summed E-state index contributed by atoms with van der Waals surface area (Å²) in [5.41, 5.74) is 3.44. The Morgan fingerprint density at radius 1 is 1.08 bits per heavy atom. The van der Waals surface area contributed by atoms with E-state index >= 15 is 0 Å². The molecule has 0 N–H and O–H groups in total. The van der Waals surface area contributed by atoms with Crippen molar-refractivity contribution in [2.75, 3.05) is 38.2 Å². The first kappa shape index (κ1) is 16.8. The molecule has 3 heterocycles. The summed E-state index contributed by atoms with van der Waals surface area (Å²) in [4.78, 5) is 9.56. The molecule has 0 amide bonds. The lowest BCUT2D eigenvalue weighted by atomic mass is 10.2. The Kier molecular flexibility index (Phi) is 4.75. The van der Waals surface area contributed by atoms with Crippen molar-refractivity contribution in [3.8, 4) is 5.75 Å². The highest BCUT2D eigenvalue weighted by molar-refractivity contribution is 5.69. The molecule has 26 heavy (non-hydrogen) atoms. The number of methoxy groups -OCH3 is 1. The topological polar surface area (TPSA) is 45.9 Å². The number of ether oxygens (including phenoxy) is 1. The predicted molar refractivity (Wildman–Crippen MR) is 103 cm³/mol. The first-order valence-corrected chi connectivity index (χ1v) is 9.14. The molecule has 1 saturated heterocycles. The van der Waals surface area contributed by atoms with Crippen LogP contribution in [0.2, 0.25) is 0 Å². The quantitative estimate of drug-likeness (QED) is 0.723. The summed E-state index contributed by atoms with van der Waals surface area (Å²) in [6.07, 6.45) is 4.89. The number of benzene rings is 1. The van der Waals surface area contributed by atoms with Gasteiger partial charge in [0, 0.05) is 45.1 Å².